The molecular formula is C29H34N2O5. The number of hydrogen-bond acceptors (Lipinski definition) is 4. The van der Waals surface area contributed by atoms with Gasteiger partial charge in [0.2, 0.25) is 5.91 Å². The van der Waals surface area contributed by atoms with Gasteiger partial charge in [-0.15, -0.1) is 0 Å². The summed E-state index contributed by atoms with van der Waals surface area (Å²) in [6.45, 7) is 4.33. The maximum absolute atomic E-state index is 13.5. The summed E-state index contributed by atoms with van der Waals surface area (Å²) in [4.78, 5) is 41.4. The maximum atomic E-state index is 13.5. The SMILES string of the molecule is CC(C)C[C@@H](C(=O)O)N1CC/C=C\C[C@H](N(C)C(=O)OCC2c3ccccc3-c3ccccc32)C1=O. The average Bonchev–Trinajstić information content (AvgIpc) is 3.17. The molecule has 2 atom stereocenters. The summed E-state index contributed by atoms with van der Waals surface area (Å²) in [5.41, 5.74) is 4.51. The number of nitrogens with zero attached hydrogens (tertiary/aromatic N) is 2. The molecule has 7 heteroatoms. The minimum Gasteiger partial charge on any atom is -0.480 e. The van der Waals surface area contributed by atoms with Crippen molar-refractivity contribution in [3.63, 3.8) is 0 Å². The van der Waals surface area contributed by atoms with Gasteiger partial charge in [-0.2, -0.15) is 0 Å². The quantitative estimate of drug-likeness (QED) is 0.557. The van der Waals surface area contributed by atoms with Crippen LogP contribution in [0.15, 0.2) is 60.7 Å². The van der Waals surface area contributed by atoms with Crippen LogP contribution in [-0.4, -0.2) is 65.2 Å². The minimum absolute atomic E-state index is 0.0818. The number of aliphatic carboxylic acids is 1. The van der Waals surface area contributed by atoms with Gasteiger partial charge in [0.25, 0.3) is 0 Å². The van der Waals surface area contributed by atoms with Gasteiger partial charge in [-0.3, -0.25) is 9.69 Å². The second-order valence-electron chi connectivity index (χ2n) is 9.94. The number of carboxylic acids is 1. The van der Waals surface area contributed by atoms with Crippen molar-refractivity contribution < 1.29 is 24.2 Å². The number of ether oxygens (including phenoxy) is 1. The van der Waals surface area contributed by atoms with E-state index in [4.69, 9.17) is 4.74 Å². The van der Waals surface area contributed by atoms with E-state index in [1.165, 1.54) is 9.80 Å². The van der Waals surface area contributed by atoms with Crippen LogP contribution in [0.5, 0.6) is 0 Å². The summed E-state index contributed by atoms with van der Waals surface area (Å²) in [5, 5.41) is 9.84. The Hall–Kier alpha value is -3.61. The molecule has 4 rings (SSSR count). The maximum Gasteiger partial charge on any atom is 0.410 e. The van der Waals surface area contributed by atoms with E-state index in [0.717, 1.165) is 22.3 Å². The van der Waals surface area contributed by atoms with Gasteiger partial charge in [0.05, 0.1) is 0 Å². The summed E-state index contributed by atoms with van der Waals surface area (Å²) in [6, 6.07) is 14.5. The third-order valence-electron chi connectivity index (χ3n) is 7.08. The molecule has 7 nitrogen and oxygen atoms in total. The standard InChI is InChI=1S/C29H34N2O5/c1-19(2)17-26(28(33)34)31-16-10-4-5-15-25(27(31)32)30(3)29(35)36-18-24-22-13-8-6-11-20(22)21-12-7-9-14-23(21)24/h4-9,11-14,19,24-26H,10,15-18H2,1-3H3,(H,33,34)/b5-4-/t25-,26-/m0/s1. The van der Waals surface area contributed by atoms with E-state index in [1.807, 2.05) is 50.3 Å². The van der Waals surface area contributed by atoms with Gasteiger partial charge in [0.1, 0.15) is 18.7 Å². The molecule has 1 heterocycles. The van der Waals surface area contributed by atoms with E-state index in [9.17, 15) is 19.5 Å². The molecule has 0 fully saturated rings. The van der Waals surface area contributed by atoms with Gasteiger partial charge in [-0.25, -0.2) is 9.59 Å². The van der Waals surface area contributed by atoms with Gasteiger partial charge >= 0.3 is 12.1 Å². The first kappa shape index (κ1) is 25.5. The molecule has 1 aliphatic heterocycles. The monoisotopic (exact) mass is 490 g/mol. The molecular weight excluding hydrogens is 456 g/mol. The second-order valence-corrected chi connectivity index (χ2v) is 9.94. The van der Waals surface area contributed by atoms with Crippen LogP contribution in [0.1, 0.15) is 50.2 Å². The van der Waals surface area contributed by atoms with Crippen LogP contribution in [-0.2, 0) is 14.3 Å². The first-order chi connectivity index (χ1) is 17.3. The number of benzene rings is 2. The van der Waals surface area contributed by atoms with Gasteiger partial charge in [-0.05, 0) is 47.4 Å². The molecule has 0 spiro atoms. The number of amides is 2. The molecule has 0 saturated heterocycles. The first-order valence-electron chi connectivity index (χ1n) is 12.6. The fourth-order valence-corrected chi connectivity index (χ4v) is 5.22. The molecule has 0 saturated carbocycles. The highest BCUT2D eigenvalue weighted by molar-refractivity contribution is 5.89. The first-order valence-corrected chi connectivity index (χ1v) is 12.6. The van der Waals surface area contributed by atoms with Crippen molar-refractivity contribution in [2.45, 2.75) is 51.1 Å². The molecule has 0 bridgehead atoms. The molecule has 36 heavy (non-hydrogen) atoms. The zero-order valence-corrected chi connectivity index (χ0v) is 21.1. The number of carbonyl (C=O) groups excluding carboxylic acids is 2. The van der Waals surface area contributed by atoms with Crippen molar-refractivity contribution in [1.82, 2.24) is 9.80 Å². The molecule has 1 N–H and O–H groups in total. The van der Waals surface area contributed by atoms with Crippen molar-refractivity contribution in [3.05, 3.63) is 71.8 Å². The Morgan fingerprint density at radius 2 is 1.67 bits per heavy atom. The number of likely N-dealkylation sites (N-methyl/N-ethyl adjacent to an activating group) is 1. The summed E-state index contributed by atoms with van der Waals surface area (Å²) in [5.74, 6) is -1.35. The normalized spacial score (nSPS) is 19.2. The highest BCUT2D eigenvalue weighted by Gasteiger charge is 2.38. The van der Waals surface area contributed by atoms with Crippen molar-refractivity contribution in [1.29, 1.82) is 0 Å². The van der Waals surface area contributed by atoms with Crippen molar-refractivity contribution in [2.24, 2.45) is 5.92 Å². The lowest BCUT2D eigenvalue weighted by Gasteiger charge is -2.36. The molecule has 2 aliphatic rings. The fraction of sp³-hybridized carbons (Fsp3) is 0.414. The Morgan fingerprint density at radius 1 is 1.06 bits per heavy atom. The molecule has 190 valence electrons. The van der Waals surface area contributed by atoms with Crippen LogP contribution in [0.25, 0.3) is 11.1 Å². The van der Waals surface area contributed by atoms with E-state index >= 15 is 0 Å². The van der Waals surface area contributed by atoms with E-state index in [-0.39, 0.29) is 24.3 Å². The van der Waals surface area contributed by atoms with E-state index < -0.39 is 24.1 Å². The lowest BCUT2D eigenvalue weighted by Crippen LogP contribution is -2.55. The molecule has 2 amide bonds. The topological polar surface area (TPSA) is 87.2 Å². The highest BCUT2D eigenvalue weighted by atomic mass is 16.6. The third kappa shape index (κ3) is 5.15. The Labute approximate surface area is 212 Å². The Morgan fingerprint density at radius 3 is 2.25 bits per heavy atom. The van der Waals surface area contributed by atoms with Crippen molar-refractivity contribution >= 4 is 18.0 Å². The van der Waals surface area contributed by atoms with Crippen LogP contribution < -0.4 is 0 Å². The average molecular weight is 491 g/mol. The number of carboxylic acid groups (broad SMARTS) is 1. The van der Waals surface area contributed by atoms with Crippen molar-refractivity contribution in [2.75, 3.05) is 20.2 Å². The zero-order chi connectivity index (χ0) is 25.8. The van der Waals surface area contributed by atoms with Crippen LogP contribution in [0.3, 0.4) is 0 Å². The lowest BCUT2D eigenvalue weighted by atomic mass is 9.98. The van der Waals surface area contributed by atoms with Gasteiger partial charge in [0.15, 0.2) is 0 Å². The summed E-state index contributed by atoms with van der Waals surface area (Å²) < 4.78 is 5.76. The van der Waals surface area contributed by atoms with E-state index in [2.05, 4.69) is 24.3 Å². The van der Waals surface area contributed by atoms with Crippen LogP contribution in [0, 0.1) is 5.92 Å². The van der Waals surface area contributed by atoms with Crippen LogP contribution in [0.2, 0.25) is 0 Å². The van der Waals surface area contributed by atoms with Gasteiger partial charge < -0.3 is 14.7 Å². The Bertz CT molecular complexity index is 1110. The van der Waals surface area contributed by atoms with Crippen LogP contribution >= 0.6 is 0 Å². The van der Waals surface area contributed by atoms with Crippen molar-refractivity contribution in [3.8, 4) is 11.1 Å². The lowest BCUT2D eigenvalue weighted by molar-refractivity contribution is -0.153. The van der Waals surface area contributed by atoms with Gasteiger partial charge in [-0.1, -0.05) is 74.5 Å². The summed E-state index contributed by atoms with van der Waals surface area (Å²) in [6.07, 6.45) is 4.46. The number of hydrogen-bond donors (Lipinski definition) is 1. The molecule has 0 radical (unpaired) electrons. The molecule has 2 aromatic carbocycles. The predicted molar refractivity (Wildman–Crippen MR) is 138 cm³/mol. The number of rotatable bonds is 7. The third-order valence-corrected chi connectivity index (χ3v) is 7.08. The number of fused-ring (bicyclic) bond motifs is 3. The summed E-state index contributed by atoms with van der Waals surface area (Å²) >= 11 is 0. The number of carbonyl (C=O) groups is 3. The molecule has 2 aromatic rings. The van der Waals surface area contributed by atoms with E-state index in [0.29, 0.717) is 25.8 Å². The van der Waals surface area contributed by atoms with Crippen LogP contribution in [0.4, 0.5) is 4.79 Å². The second kappa shape index (κ2) is 11.0. The molecule has 1 aliphatic carbocycles. The Balaban J connectivity index is 1.50. The fourth-order valence-electron chi connectivity index (χ4n) is 5.22. The zero-order valence-electron chi connectivity index (χ0n) is 21.1. The predicted octanol–water partition coefficient (Wildman–Crippen LogP) is 4.91. The highest BCUT2D eigenvalue weighted by Crippen LogP contribution is 2.44. The minimum atomic E-state index is -1.02. The smallest absolute Gasteiger partial charge is 0.410 e. The molecule has 0 unspecified atom stereocenters. The Kier molecular flexibility index (Phi) is 7.77. The summed E-state index contributed by atoms with van der Waals surface area (Å²) in [7, 11) is 1.55. The van der Waals surface area contributed by atoms with Gasteiger partial charge in [0, 0.05) is 19.5 Å². The van der Waals surface area contributed by atoms with E-state index in [1.54, 1.807) is 7.05 Å². The largest absolute Gasteiger partial charge is 0.480 e. The molecule has 0 aromatic heterocycles.